The fourth-order valence-electron chi connectivity index (χ4n) is 1.77. The molecule has 0 aliphatic heterocycles. The Kier molecular flexibility index (Phi) is 7.81. The molecule has 0 radical (unpaired) electrons. The Labute approximate surface area is 135 Å². The SMILES string of the molecule is CNc1cccc(Cl)c1OCc1ccccc1C.NNC=O. The molecule has 5 nitrogen and oxygen atoms in total. The molecule has 0 atom stereocenters. The molecule has 6 heteroatoms. The molecule has 2 aromatic carbocycles. The Bertz CT molecular complexity index is 606. The Morgan fingerprint density at radius 2 is 1.91 bits per heavy atom. The summed E-state index contributed by atoms with van der Waals surface area (Å²) < 4.78 is 5.83. The number of hydrazine groups is 1. The van der Waals surface area contributed by atoms with Crippen LogP contribution in [-0.4, -0.2) is 13.5 Å². The van der Waals surface area contributed by atoms with Crippen LogP contribution in [0.2, 0.25) is 5.02 Å². The molecule has 0 aliphatic rings. The average molecular weight is 322 g/mol. The molecule has 22 heavy (non-hydrogen) atoms. The van der Waals surface area contributed by atoms with Crippen LogP contribution >= 0.6 is 11.6 Å². The van der Waals surface area contributed by atoms with Gasteiger partial charge >= 0.3 is 0 Å². The van der Waals surface area contributed by atoms with Crippen LogP contribution in [0.25, 0.3) is 0 Å². The monoisotopic (exact) mass is 321 g/mol. The highest BCUT2D eigenvalue weighted by Crippen LogP contribution is 2.33. The number of hydrogen-bond donors (Lipinski definition) is 3. The van der Waals surface area contributed by atoms with E-state index in [0.29, 0.717) is 23.8 Å². The van der Waals surface area contributed by atoms with Crippen molar-refractivity contribution in [2.24, 2.45) is 5.84 Å². The number of benzene rings is 2. The minimum atomic E-state index is 0.403. The van der Waals surface area contributed by atoms with Crippen molar-refractivity contribution in [3.63, 3.8) is 0 Å². The van der Waals surface area contributed by atoms with Crippen molar-refractivity contribution >= 4 is 23.7 Å². The zero-order chi connectivity index (χ0) is 16.4. The molecule has 0 bridgehead atoms. The molecule has 1 amide bonds. The Morgan fingerprint density at radius 1 is 1.23 bits per heavy atom. The van der Waals surface area contributed by atoms with Gasteiger partial charge in [0.15, 0.2) is 5.75 Å². The highest BCUT2D eigenvalue weighted by atomic mass is 35.5. The topological polar surface area (TPSA) is 76.4 Å². The number of carbonyl (C=O) groups is 1. The van der Waals surface area contributed by atoms with E-state index in [0.717, 1.165) is 5.69 Å². The molecule has 2 aromatic rings. The van der Waals surface area contributed by atoms with Gasteiger partial charge in [-0.3, -0.25) is 10.2 Å². The standard InChI is InChI=1S/C15H16ClNO.CH4N2O/c1-11-6-3-4-7-12(11)10-18-15-13(16)8-5-9-14(15)17-2;2-3-1-4/h3-9,17H,10H2,1-2H3;1H,2H2,(H,3,4). The van der Waals surface area contributed by atoms with Gasteiger partial charge in [0.1, 0.15) is 6.61 Å². The summed E-state index contributed by atoms with van der Waals surface area (Å²) in [6.45, 7) is 2.59. The lowest BCUT2D eigenvalue weighted by Crippen LogP contribution is -2.18. The summed E-state index contributed by atoms with van der Waals surface area (Å²) in [6, 6.07) is 13.8. The van der Waals surface area contributed by atoms with Crippen LogP contribution in [0.4, 0.5) is 5.69 Å². The van der Waals surface area contributed by atoms with Gasteiger partial charge < -0.3 is 10.1 Å². The summed E-state index contributed by atoms with van der Waals surface area (Å²) >= 11 is 6.15. The second-order valence-corrected chi connectivity index (χ2v) is 4.77. The second kappa shape index (κ2) is 9.65. The molecule has 0 unspecified atom stereocenters. The molecule has 0 saturated carbocycles. The van der Waals surface area contributed by atoms with Gasteiger partial charge in [-0.15, -0.1) is 0 Å². The molecule has 0 aromatic heterocycles. The number of ether oxygens (including phenoxy) is 1. The van der Waals surface area contributed by atoms with Crippen molar-refractivity contribution in [3.05, 3.63) is 58.6 Å². The summed E-state index contributed by atoms with van der Waals surface area (Å²) in [7, 11) is 1.85. The lowest BCUT2D eigenvalue weighted by Gasteiger charge is -2.13. The summed E-state index contributed by atoms with van der Waals surface area (Å²) in [5.41, 5.74) is 5.03. The average Bonchev–Trinajstić information content (AvgIpc) is 2.55. The highest BCUT2D eigenvalue weighted by Gasteiger charge is 2.07. The van der Waals surface area contributed by atoms with Gasteiger partial charge in [-0.1, -0.05) is 41.9 Å². The second-order valence-electron chi connectivity index (χ2n) is 4.37. The van der Waals surface area contributed by atoms with Gasteiger partial charge in [0, 0.05) is 7.05 Å². The van der Waals surface area contributed by atoms with E-state index < -0.39 is 0 Å². The quantitative estimate of drug-likeness (QED) is 0.342. The van der Waals surface area contributed by atoms with E-state index in [-0.39, 0.29) is 0 Å². The van der Waals surface area contributed by atoms with Crippen molar-refractivity contribution in [2.75, 3.05) is 12.4 Å². The predicted octanol–water partition coefficient (Wildman–Crippen LogP) is 2.88. The van der Waals surface area contributed by atoms with Crippen LogP contribution in [-0.2, 0) is 11.4 Å². The fraction of sp³-hybridized carbons (Fsp3) is 0.188. The zero-order valence-corrected chi connectivity index (χ0v) is 13.4. The molecule has 0 spiro atoms. The van der Waals surface area contributed by atoms with Crippen LogP contribution in [0.5, 0.6) is 5.75 Å². The number of para-hydroxylation sites is 1. The number of carbonyl (C=O) groups excluding carboxylic acids is 1. The third kappa shape index (κ3) is 5.27. The molecule has 0 heterocycles. The summed E-state index contributed by atoms with van der Waals surface area (Å²) in [6.07, 6.45) is 0.403. The number of anilines is 1. The Hall–Kier alpha value is -2.24. The van der Waals surface area contributed by atoms with E-state index in [4.69, 9.17) is 21.1 Å². The van der Waals surface area contributed by atoms with Crippen molar-refractivity contribution < 1.29 is 9.53 Å². The third-order valence-corrected chi connectivity index (χ3v) is 3.24. The highest BCUT2D eigenvalue weighted by molar-refractivity contribution is 6.32. The molecule has 4 N–H and O–H groups in total. The third-order valence-electron chi connectivity index (χ3n) is 2.94. The Morgan fingerprint density at radius 3 is 2.50 bits per heavy atom. The maximum absolute atomic E-state index is 8.94. The van der Waals surface area contributed by atoms with Crippen molar-refractivity contribution in [1.29, 1.82) is 0 Å². The normalized spacial score (nSPS) is 9.27. The lowest BCUT2D eigenvalue weighted by atomic mass is 10.1. The minimum Gasteiger partial charge on any atom is -0.485 e. The number of halogens is 1. The van der Waals surface area contributed by atoms with Gasteiger partial charge in [0.05, 0.1) is 10.7 Å². The molecule has 0 aliphatic carbocycles. The first-order valence-electron chi connectivity index (χ1n) is 6.67. The van der Waals surface area contributed by atoms with Gasteiger partial charge in [-0.2, -0.15) is 0 Å². The van der Waals surface area contributed by atoms with Crippen LogP contribution in [0, 0.1) is 6.92 Å². The van der Waals surface area contributed by atoms with Gasteiger partial charge in [0.2, 0.25) is 6.41 Å². The summed E-state index contributed by atoms with van der Waals surface area (Å²) in [5.74, 6) is 5.11. The number of nitrogens with one attached hydrogen (secondary N) is 2. The van der Waals surface area contributed by atoms with Crippen molar-refractivity contribution in [3.8, 4) is 5.75 Å². The Balaban J connectivity index is 0.000000541. The van der Waals surface area contributed by atoms with E-state index >= 15 is 0 Å². The number of nitrogens with two attached hydrogens (primary N) is 1. The van der Waals surface area contributed by atoms with E-state index in [1.54, 1.807) is 5.43 Å². The van der Waals surface area contributed by atoms with E-state index in [1.165, 1.54) is 11.1 Å². The smallest absolute Gasteiger partial charge is 0.221 e. The first kappa shape index (κ1) is 17.8. The lowest BCUT2D eigenvalue weighted by molar-refractivity contribution is -0.109. The number of amides is 1. The van der Waals surface area contributed by atoms with Crippen LogP contribution in [0.15, 0.2) is 42.5 Å². The first-order valence-corrected chi connectivity index (χ1v) is 7.05. The van der Waals surface area contributed by atoms with Crippen molar-refractivity contribution in [1.82, 2.24) is 5.43 Å². The minimum absolute atomic E-state index is 0.403. The van der Waals surface area contributed by atoms with E-state index in [1.807, 2.05) is 37.4 Å². The van der Waals surface area contributed by atoms with E-state index in [2.05, 4.69) is 30.2 Å². The predicted molar refractivity (Wildman–Crippen MR) is 89.9 cm³/mol. The molecule has 118 valence electrons. The maximum Gasteiger partial charge on any atom is 0.221 e. The van der Waals surface area contributed by atoms with E-state index in [9.17, 15) is 0 Å². The van der Waals surface area contributed by atoms with Crippen LogP contribution in [0.3, 0.4) is 0 Å². The molecule has 0 fully saturated rings. The fourth-order valence-corrected chi connectivity index (χ4v) is 2.00. The largest absolute Gasteiger partial charge is 0.485 e. The number of aryl methyl sites for hydroxylation is 1. The maximum atomic E-state index is 8.94. The van der Waals surface area contributed by atoms with Crippen molar-refractivity contribution in [2.45, 2.75) is 13.5 Å². The van der Waals surface area contributed by atoms with Gasteiger partial charge in [0.25, 0.3) is 0 Å². The van der Waals surface area contributed by atoms with Crippen LogP contribution in [0.1, 0.15) is 11.1 Å². The summed E-state index contributed by atoms with van der Waals surface area (Å²) in [5, 5.41) is 3.70. The number of hydrogen-bond acceptors (Lipinski definition) is 4. The zero-order valence-electron chi connectivity index (χ0n) is 12.6. The molecular formula is C16H20ClN3O2. The molecule has 2 rings (SSSR count). The van der Waals surface area contributed by atoms with Gasteiger partial charge in [-0.25, -0.2) is 5.84 Å². The summed E-state index contributed by atoms with van der Waals surface area (Å²) in [4.78, 5) is 8.94. The molecule has 0 saturated heterocycles. The van der Waals surface area contributed by atoms with Gasteiger partial charge in [-0.05, 0) is 30.2 Å². The number of rotatable bonds is 5. The van der Waals surface area contributed by atoms with Crippen LogP contribution < -0.4 is 21.3 Å². The first-order chi connectivity index (χ1) is 10.6. The molecular weight excluding hydrogens is 302 g/mol.